The molecule has 142 valence electrons. The molecular formula is C19H12F3N3O3. The van der Waals surface area contributed by atoms with Crippen molar-refractivity contribution in [3.05, 3.63) is 69.6 Å². The minimum atomic E-state index is -4.53. The van der Waals surface area contributed by atoms with Gasteiger partial charge in [0.2, 0.25) is 0 Å². The monoisotopic (exact) mass is 387 g/mol. The highest BCUT2D eigenvalue weighted by atomic mass is 19.4. The van der Waals surface area contributed by atoms with Gasteiger partial charge in [0, 0.05) is 11.6 Å². The van der Waals surface area contributed by atoms with Crippen LogP contribution in [0.3, 0.4) is 0 Å². The molecule has 0 atom stereocenters. The van der Waals surface area contributed by atoms with Gasteiger partial charge in [-0.3, -0.25) is 4.79 Å². The molecule has 0 saturated carbocycles. The van der Waals surface area contributed by atoms with Crippen molar-refractivity contribution in [3.63, 3.8) is 0 Å². The number of aromatic nitrogens is 3. The minimum absolute atomic E-state index is 0.0390. The van der Waals surface area contributed by atoms with Crippen LogP contribution in [0.1, 0.15) is 21.5 Å². The van der Waals surface area contributed by atoms with Gasteiger partial charge in [-0.15, -0.1) is 0 Å². The van der Waals surface area contributed by atoms with Gasteiger partial charge < -0.3 is 10.1 Å². The molecule has 0 radical (unpaired) electrons. The summed E-state index contributed by atoms with van der Waals surface area (Å²) >= 11 is 0. The lowest BCUT2D eigenvalue weighted by molar-refractivity contribution is -0.137. The van der Waals surface area contributed by atoms with Crippen LogP contribution in [0, 0.1) is 6.92 Å². The first-order chi connectivity index (χ1) is 13.2. The van der Waals surface area contributed by atoms with Gasteiger partial charge in [-0.1, -0.05) is 0 Å². The van der Waals surface area contributed by atoms with E-state index in [1.54, 1.807) is 6.92 Å². The molecule has 2 aromatic carbocycles. The molecule has 0 saturated heterocycles. The number of rotatable bonds is 2. The van der Waals surface area contributed by atoms with Crippen LogP contribution in [0.2, 0.25) is 0 Å². The maximum atomic E-state index is 13.2. The Hall–Kier alpha value is -3.62. The van der Waals surface area contributed by atoms with Gasteiger partial charge >= 0.3 is 12.1 Å². The summed E-state index contributed by atoms with van der Waals surface area (Å²) in [5.41, 5.74) is 0.0902. The van der Waals surface area contributed by atoms with Crippen molar-refractivity contribution in [1.29, 1.82) is 0 Å². The summed E-state index contributed by atoms with van der Waals surface area (Å²) in [6.45, 7) is 1.54. The van der Waals surface area contributed by atoms with Crippen LogP contribution < -0.4 is 5.56 Å². The highest BCUT2D eigenvalue weighted by Crippen LogP contribution is 2.35. The molecule has 2 aliphatic rings. The fourth-order valence-corrected chi connectivity index (χ4v) is 3.14. The van der Waals surface area contributed by atoms with E-state index in [1.165, 1.54) is 30.5 Å². The number of nitrogens with one attached hydrogen (secondary N) is 1. The largest absolute Gasteiger partial charge is 0.478 e. The van der Waals surface area contributed by atoms with Crippen molar-refractivity contribution in [2.75, 3.05) is 0 Å². The first-order valence-corrected chi connectivity index (χ1v) is 8.12. The number of carbonyl (C=O) groups is 1. The molecule has 28 heavy (non-hydrogen) atoms. The van der Waals surface area contributed by atoms with Crippen LogP contribution in [0.15, 0.2) is 47.4 Å². The molecule has 0 fully saturated rings. The van der Waals surface area contributed by atoms with E-state index >= 15 is 0 Å². The lowest BCUT2D eigenvalue weighted by atomic mass is 10.0. The third-order valence-electron chi connectivity index (χ3n) is 4.52. The number of aryl methyl sites for hydroxylation is 1. The molecule has 0 bridgehead atoms. The van der Waals surface area contributed by atoms with E-state index in [4.69, 9.17) is 5.11 Å². The molecule has 0 aromatic heterocycles. The summed E-state index contributed by atoms with van der Waals surface area (Å²) in [6.07, 6.45) is -3.12. The van der Waals surface area contributed by atoms with E-state index in [-0.39, 0.29) is 22.2 Å². The molecule has 0 amide bonds. The maximum Gasteiger partial charge on any atom is 0.416 e. The second-order valence-electron chi connectivity index (χ2n) is 6.33. The highest BCUT2D eigenvalue weighted by Gasteiger charge is 2.32. The quantitative estimate of drug-likeness (QED) is 0.547. The Kier molecular flexibility index (Phi) is 3.77. The van der Waals surface area contributed by atoms with E-state index in [0.717, 1.165) is 16.8 Å². The fraction of sp³-hybridized carbons (Fsp3) is 0.105. The number of fused-ring (bicyclic) bond motifs is 3. The molecule has 2 heterocycles. The first kappa shape index (κ1) is 17.8. The predicted molar refractivity (Wildman–Crippen MR) is 95.0 cm³/mol. The van der Waals surface area contributed by atoms with Gasteiger partial charge in [-0.25, -0.2) is 4.79 Å². The number of nitrogens with zero attached hydrogens (tertiary/aromatic N) is 2. The fourth-order valence-electron chi connectivity index (χ4n) is 3.14. The van der Waals surface area contributed by atoms with E-state index in [0.29, 0.717) is 16.8 Å². The Morgan fingerprint density at radius 1 is 1.18 bits per heavy atom. The van der Waals surface area contributed by atoms with E-state index in [2.05, 4.69) is 10.1 Å². The lowest BCUT2D eigenvalue weighted by Gasteiger charge is -2.11. The van der Waals surface area contributed by atoms with Crippen LogP contribution in [0.25, 0.3) is 27.8 Å². The van der Waals surface area contributed by atoms with Crippen LogP contribution >= 0.6 is 0 Å². The molecule has 2 aromatic rings. The molecule has 0 unspecified atom stereocenters. The van der Waals surface area contributed by atoms with Crippen molar-refractivity contribution in [2.45, 2.75) is 13.1 Å². The normalized spacial score (nSPS) is 12.0. The number of benzene rings is 2. The van der Waals surface area contributed by atoms with Crippen LogP contribution in [-0.2, 0) is 6.18 Å². The van der Waals surface area contributed by atoms with Crippen molar-refractivity contribution < 1.29 is 23.1 Å². The highest BCUT2D eigenvalue weighted by molar-refractivity contribution is 5.95. The average Bonchev–Trinajstić information content (AvgIpc) is 2.98. The number of hydrogen-bond acceptors (Lipinski definition) is 3. The molecule has 4 rings (SSSR count). The first-order valence-electron chi connectivity index (χ1n) is 8.12. The second kappa shape index (κ2) is 5.95. The summed E-state index contributed by atoms with van der Waals surface area (Å²) in [7, 11) is 0. The molecule has 9 heteroatoms. The number of carboxylic acids is 1. The number of halogens is 3. The molecule has 6 nitrogen and oxygen atoms in total. The summed E-state index contributed by atoms with van der Waals surface area (Å²) in [5, 5.41) is 13.4. The van der Waals surface area contributed by atoms with Gasteiger partial charge in [0.05, 0.1) is 27.9 Å². The summed E-state index contributed by atoms with van der Waals surface area (Å²) in [6, 6.07) is 7.46. The number of H-pyrrole nitrogens is 1. The zero-order chi connectivity index (χ0) is 20.2. The van der Waals surface area contributed by atoms with E-state index in [1.807, 2.05) is 0 Å². The zero-order valence-corrected chi connectivity index (χ0v) is 14.3. The standard InChI is InChI=1S/C19H12F3N3O3/c1-9-6-11(19(20,21)22)7-13-15(9)23-8-14-16(13)24-25(17(14)26)12-4-2-10(3-5-12)18(27)28/h2-8,23H,1H3,(H,27,28). The van der Waals surface area contributed by atoms with Gasteiger partial charge in [0.15, 0.2) is 0 Å². The zero-order valence-electron chi connectivity index (χ0n) is 14.3. The smallest absolute Gasteiger partial charge is 0.416 e. The van der Waals surface area contributed by atoms with Crippen molar-refractivity contribution in [1.82, 2.24) is 14.8 Å². The molecule has 2 aliphatic heterocycles. The van der Waals surface area contributed by atoms with Crippen LogP contribution in [-0.4, -0.2) is 25.8 Å². The Morgan fingerprint density at radius 2 is 1.86 bits per heavy atom. The maximum absolute atomic E-state index is 13.2. The topological polar surface area (TPSA) is 88.0 Å². The van der Waals surface area contributed by atoms with Gasteiger partial charge in [-0.05, 0) is 48.9 Å². The molecular weight excluding hydrogens is 375 g/mol. The van der Waals surface area contributed by atoms with Gasteiger partial charge in [0.1, 0.15) is 5.69 Å². The number of aromatic carboxylic acids is 1. The minimum Gasteiger partial charge on any atom is -0.478 e. The number of aromatic amines is 1. The Bertz CT molecular complexity index is 1250. The van der Waals surface area contributed by atoms with E-state index < -0.39 is 23.3 Å². The molecule has 0 aliphatic carbocycles. The molecule has 2 N–H and O–H groups in total. The number of alkyl halides is 3. The van der Waals surface area contributed by atoms with Crippen molar-refractivity contribution in [3.8, 4) is 16.9 Å². The van der Waals surface area contributed by atoms with Crippen molar-refractivity contribution >= 4 is 16.9 Å². The van der Waals surface area contributed by atoms with Crippen LogP contribution in [0.4, 0.5) is 13.2 Å². The summed E-state index contributed by atoms with van der Waals surface area (Å²) < 4.78 is 40.6. The van der Waals surface area contributed by atoms with E-state index in [9.17, 15) is 22.8 Å². The van der Waals surface area contributed by atoms with Gasteiger partial charge in [-0.2, -0.15) is 23.0 Å². The average molecular weight is 387 g/mol. The van der Waals surface area contributed by atoms with Crippen molar-refractivity contribution in [2.24, 2.45) is 0 Å². The molecule has 0 spiro atoms. The third-order valence-corrected chi connectivity index (χ3v) is 4.52. The Morgan fingerprint density at radius 3 is 2.46 bits per heavy atom. The summed E-state index contributed by atoms with van der Waals surface area (Å²) in [4.78, 5) is 26.5. The predicted octanol–water partition coefficient (Wildman–Crippen LogP) is 3.84. The lowest BCUT2D eigenvalue weighted by Crippen LogP contribution is -2.14. The summed E-state index contributed by atoms with van der Waals surface area (Å²) in [5.74, 6) is -1.12. The van der Waals surface area contributed by atoms with Gasteiger partial charge in [0.25, 0.3) is 5.56 Å². The Balaban J connectivity index is 1.98. The Labute approximate surface area is 155 Å². The third kappa shape index (κ3) is 2.72. The number of carboxylic acid groups (broad SMARTS) is 1. The SMILES string of the molecule is Cc1cc(C(F)(F)F)cc2c3nn(-c4ccc(C(=O)O)cc4)c(=O)c-3c[nH]c12. The number of pyridine rings is 1. The second-order valence-corrected chi connectivity index (χ2v) is 6.33. The number of hydrogen-bond donors (Lipinski definition) is 2. The van der Waals surface area contributed by atoms with Crippen LogP contribution in [0.5, 0.6) is 0 Å².